The summed E-state index contributed by atoms with van der Waals surface area (Å²) >= 11 is 3.32. The smallest absolute Gasteiger partial charge is 0.375 e. The molecule has 7 nitrogen and oxygen atoms in total. The van der Waals surface area contributed by atoms with Gasteiger partial charge in [-0.15, -0.1) is 0 Å². The van der Waals surface area contributed by atoms with Crippen molar-refractivity contribution in [2.24, 2.45) is 0 Å². The van der Waals surface area contributed by atoms with Gasteiger partial charge in [-0.2, -0.15) is 0 Å². The Bertz CT molecular complexity index is 1020. The van der Waals surface area contributed by atoms with Crippen molar-refractivity contribution in [2.45, 2.75) is 0 Å². The summed E-state index contributed by atoms with van der Waals surface area (Å²) in [6.45, 7) is -0.788. The maximum absolute atomic E-state index is 12.2. The Balaban J connectivity index is 1.48. The normalized spacial score (nSPS) is 10.2. The van der Waals surface area contributed by atoms with Gasteiger partial charge in [0.2, 0.25) is 11.7 Å². The van der Waals surface area contributed by atoms with Crippen molar-refractivity contribution in [3.8, 4) is 11.1 Å². The first-order valence-electron chi connectivity index (χ1n) is 8.65. The second-order valence-corrected chi connectivity index (χ2v) is 6.76. The first-order chi connectivity index (χ1) is 14.0. The van der Waals surface area contributed by atoms with Crippen LogP contribution >= 0.6 is 15.9 Å². The summed E-state index contributed by atoms with van der Waals surface area (Å²) in [5.41, 5.74) is 1.95. The molecule has 3 rings (SSSR count). The third-order valence-corrected chi connectivity index (χ3v) is 4.56. The summed E-state index contributed by atoms with van der Waals surface area (Å²) in [7, 11) is 0. The summed E-state index contributed by atoms with van der Waals surface area (Å²) in [6.07, 6.45) is 1.38. The Morgan fingerprint density at radius 3 is 2.41 bits per heavy atom. The van der Waals surface area contributed by atoms with Crippen LogP contribution in [-0.2, 0) is 14.3 Å². The van der Waals surface area contributed by atoms with E-state index < -0.39 is 24.4 Å². The molecule has 3 aromatic rings. The van der Waals surface area contributed by atoms with Crippen LogP contribution in [0.3, 0.4) is 0 Å². The van der Waals surface area contributed by atoms with E-state index in [0.29, 0.717) is 11.3 Å². The van der Waals surface area contributed by atoms with Gasteiger partial charge in [-0.25, -0.2) is 4.79 Å². The van der Waals surface area contributed by atoms with Crippen molar-refractivity contribution < 1.29 is 23.5 Å². The zero-order chi connectivity index (χ0) is 20.6. The van der Waals surface area contributed by atoms with E-state index in [0.717, 1.165) is 10.0 Å². The van der Waals surface area contributed by atoms with Crippen LogP contribution in [0.4, 0.5) is 5.69 Å². The lowest BCUT2D eigenvalue weighted by atomic mass is 10.1. The van der Waals surface area contributed by atoms with Gasteiger partial charge < -0.3 is 19.8 Å². The summed E-state index contributed by atoms with van der Waals surface area (Å²) in [4.78, 5) is 36.1. The zero-order valence-corrected chi connectivity index (χ0v) is 16.8. The second kappa shape index (κ2) is 9.70. The Hall–Kier alpha value is -3.39. The highest BCUT2D eigenvalue weighted by atomic mass is 79.9. The minimum atomic E-state index is -0.762. The van der Waals surface area contributed by atoms with Gasteiger partial charge in [-0.1, -0.05) is 42.5 Å². The molecular weight excluding hydrogens is 440 g/mol. The predicted molar refractivity (Wildman–Crippen MR) is 110 cm³/mol. The van der Waals surface area contributed by atoms with Gasteiger partial charge in [-0.05, 0) is 39.7 Å². The summed E-state index contributed by atoms with van der Waals surface area (Å²) in [5.74, 6) is -1.76. The van der Waals surface area contributed by atoms with Crippen LogP contribution in [0.15, 0.2) is 75.8 Å². The van der Waals surface area contributed by atoms with Crippen LogP contribution in [0.1, 0.15) is 10.6 Å². The van der Waals surface area contributed by atoms with Crippen molar-refractivity contribution in [3.63, 3.8) is 0 Å². The molecule has 0 unspecified atom stereocenters. The van der Waals surface area contributed by atoms with E-state index in [9.17, 15) is 14.4 Å². The number of nitrogens with one attached hydrogen (secondary N) is 2. The fourth-order valence-electron chi connectivity index (χ4n) is 2.50. The number of esters is 1. The molecule has 29 heavy (non-hydrogen) atoms. The molecule has 0 aliphatic heterocycles. The molecule has 1 aromatic heterocycles. The van der Waals surface area contributed by atoms with E-state index in [4.69, 9.17) is 9.15 Å². The van der Waals surface area contributed by atoms with Gasteiger partial charge in [0.15, 0.2) is 6.61 Å². The third-order valence-electron chi connectivity index (χ3n) is 3.86. The molecule has 0 fully saturated rings. The van der Waals surface area contributed by atoms with Crippen LogP contribution in [0, 0.1) is 0 Å². The maximum Gasteiger partial charge on any atom is 0.375 e. The fourth-order valence-corrected chi connectivity index (χ4v) is 2.88. The van der Waals surface area contributed by atoms with E-state index in [-0.39, 0.29) is 12.3 Å². The van der Waals surface area contributed by atoms with Gasteiger partial charge >= 0.3 is 5.97 Å². The highest BCUT2D eigenvalue weighted by molar-refractivity contribution is 9.10. The first kappa shape index (κ1) is 20.3. The van der Waals surface area contributed by atoms with Gasteiger partial charge in [0.05, 0.1) is 18.5 Å². The molecule has 0 radical (unpaired) electrons. The number of anilines is 1. The quantitative estimate of drug-likeness (QED) is 0.529. The number of amides is 2. The highest BCUT2D eigenvalue weighted by Gasteiger charge is 2.19. The number of ether oxygens (including phenoxy) is 1. The Kier molecular flexibility index (Phi) is 6.80. The van der Waals surface area contributed by atoms with Crippen LogP contribution in [0.5, 0.6) is 0 Å². The molecule has 148 valence electrons. The zero-order valence-electron chi connectivity index (χ0n) is 15.2. The molecule has 0 saturated heterocycles. The van der Waals surface area contributed by atoms with Crippen LogP contribution < -0.4 is 10.6 Å². The minimum absolute atomic E-state index is 0.00988. The monoisotopic (exact) mass is 456 g/mol. The maximum atomic E-state index is 12.2. The molecule has 2 N–H and O–H groups in total. The van der Waals surface area contributed by atoms with Gasteiger partial charge in [0.1, 0.15) is 0 Å². The number of carbonyl (C=O) groups excluding carboxylic acids is 3. The molecule has 0 bridgehead atoms. The van der Waals surface area contributed by atoms with Gasteiger partial charge in [0, 0.05) is 10.0 Å². The molecular formula is C21H17BrN2O5. The highest BCUT2D eigenvalue weighted by Crippen LogP contribution is 2.25. The lowest BCUT2D eigenvalue weighted by molar-refractivity contribution is -0.126. The summed E-state index contributed by atoms with van der Waals surface area (Å²) in [5, 5.41) is 5.05. The Morgan fingerprint density at radius 2 is 1.66 bits per heavy atom. The van der Waals surface area contributed by atoms with E-state index in [1.807, 2.05) is 36.4 Å². The number of hydrogen-bond acceptors (Lipinski definition) is 5. The number of hydrogen-bond donors (Lipinski definition) is 2. The molecule has 0 aliphatic rings. The van der Waals surface area contributed by atoms with Crippen molar-refractivity contribution in [3.05, 3.63) is 77.2 Å². The molecule has 8 heteroatoms. The lowest BCUT2D eigenvalue weighted by Crippen LogP contribution is -2.35. The van der Waals surface area contributed by atoms with E-state index in [1.165, 1.54) is 6.26 Å². The van der Waals surface area contributed by atoms with E-state index >= 15 is 0 Å². The fraction of sp³-hybridized carbons (Fsp3) is 0.0952. The van der Waals surface area contributed by atoms with Gasteiger partial charge in [-0.3, -0.25) is 9.59 Å². The number of benzene rings is 2. The molecule has 0 spiro atoms. The lowest BCUT2D eigenvalue weighted by Gasteiger charge is -2.09. The van der Waals surface area contributed by atoms with Crippen molar-refractivity contribution in [1.82, 2.24) is 5.32 Å². The third kappa shape index (κ3) is 5.55. The van der Waals surface area contributed by atoms with Crippen molar-refractivity contribution >= 4 is 39.4 Å². The number of carbonyl (C=O) groups is 3. The minimum Gasteiger partial charge on any atom is -0.457 e. The summed E-state index contributed by atoms with van der Waals surface area (Å²) < 4.78 is 10.9. The molecule has 0 atom stereocenters. The SMILES string of the molecule is O=C(COC(=O)c1occc1-c1ccccc1)NCC(=O)Nc1ccccc1Br. The average molecular weight is 457 g/mol. The first-order valence-corrected chi connectivity index (χ1v) is 9.45. The van der Waals surface area contributed by atoms with Crippen LogP contribution in [0.2, 0.25) is 0 Å². The molecule has 2 amide bonds. The van der Waals surface area contributed by atoms with E-state index in [2.05, 4.69) is 26.6 Å². The largest absolute Gasteiger partial charge is 0.457 e. The van der Waals surface area contributed by atoms with Crippen molar-refractivity contribution in [2.75, 3.05) is 18.5 Å². The van der Waals surface area contributed by atoms with Crippen LogP contribution in [0.25, 0.3) is 11.1 Å². The molecule has 0 saturated carbocycles. The Labute approximate surface area is 175 Å². The topological polar surface area (TPSA) is 97.6 Å². The Morgan fingerprint density at radius 1 is 0.931 bits per heavy atom. The standard InChI is InChI=1S/C21H17BrN2O5/c22-16-8-4-5-9-17(16)24-18(25)12-23-19(26)13-29-21(27)20-15(10-11-28-20)14-6-2-1-3-7-14/h1-11H,12-13H2,(H,23,26)(H,24,25). The number of para-hydroxylation sites is 1. The molecule has 2 aromatic carbocycles. The second-order valence-electron chi connectivity index (χ2n) is 5.91. The van der Waals surface area contributed by atoms with E-state index in [1.54, 1.807) is 24.3 Å². The number of furan rings is 1. The van der Waals surface area contributed by atoms with Crippen LogP contribution in [-0.4, -0.2) is 30.9 Å². The van der Waals surface area contributed by atoms with Gasteiger partial charge in [0.25, 0.3) is 5.91 Å². The average Bonchev–Trinajstić information content (AvgIpc) is 3.23. The molecule has 0 aliphatic carbocycles. The number of halogens is 1. The summed E-state index contributed by atoms with van der Waals surface area (Å²) in [6, 6.07) is 17.9. The predicted octanol–water partition coefficient (Wildman–Crippen LogP) is 3.62. The number of rotatable bonds is 7. The van der Waals surface area contributed by atoms with Crippen molar-refractivity contribution in [1.29, 1.82) is 0 Å². The molecule has 1 heterocycles.